The molecule has 0 saturated carbocycles. The quantitative estimate of drug-likeness (QED) is 0.731. The number of imidazole rings is 1. The number of carbonyl (C=O) groups is 2. The minimum atomic E-state index is -0.290. The lowest BCUT2D eigenvalue weighted by molar-refractivity contribution is -0.135. The van der Waals surface area contributed by atoms with Gasteiger partial charge in [-0.05, 0) is 20.3 Å². The van der Waals surface area contributed by atoms with E-state index in [0.717, 1.165) is 5.82 Å². The first-order valence-electron chi connectivity index (χ1n) is 9.20. The average molecular weight is 371 g/mol. The zero-order valence-electron chi connectivity index (χ0n) is 15.6. The molecule has 0 aliphatic carbocycles. The third-order valence-corrected chi connectivity index (χ3v) is 4.80. The molecular weight excluding hydrogens is 346 g/mol. The number of nitrogens with zero attached hydrogens (tertiary/aromatic N) is 5. The Hall–Kier alpha value is -2.81. The lowest BCUT2D eigenvalue weighted by atomic mass is 10.1. The Kier molecular flexibility index (Phi) is 6.12. The summed E-state index contributed by atoms with van der Waals surface area (Å²) in [6.07, 6.45) is 8.46. The maximum absolute atomic E-state index is 13.0. The molecule has 0 bridgehead atoms. The predicted octanol–water partition coefficient (Wildman–Crippen LogP) is 0.441. The lowest BCUT2D eigenvalue weighted by Gasteiger charge is -2.28. The molecule has 9 heteroatoms. The predicted molar refractivity (Wildman–Crippen MR) is 98.6 cm³/mol. The fourth-order valence-corrected chi connectivity index (χ4v) is 3.44. The van der Waals surface area contributed by atoms with Crippen LogP contribution in [0.15, 0.2) is 31.0 Å². The zero-order valence-corrected chi connectivity index (χ0v) is 15.6. The van der Waals surface area contributed by atoms with E-state index in [-0.39, 0.29) is 29.6 Å². The molecule has 0 unspecified atom stereocenters. The summed E-state index contributed by atoms with van der Waals surface area (Å²) in [4.78, 5) is 44.6. The number of nitrogens with one attached hydrogen (secondary N) is 2. The number of amides is 2. The van der Waals surface area contributed by atoms with Gasteiger partial charge in [-0.15, -0.1) is 0 Å². The minimum Gasteiger partial charge on any atom is -0.348 e. The van der Waals surface area contributed by atoms with Crippen LogP contribution in [0.25, 0.3) is 0 Å². The molecule has 0 radical (unpaired) electrons. The van der Waals surface area contributed by atoms with Crippen LogP contribution in [0.3, 0.4) is 0 Å². The van der Waals surface area contributed by atoms with Crippen molar-refractivity contribution in [3.63, 3.8) is 0 Å². The van der Waals surface area contributed by atoms with Gasteiger partial charge in [0.15, 0.2) is 0 Å². The Morgan fingerprint density at radius 3 is 2.70 bits per heavy atom. The van der Waals surface area contributed by atoms with E-state index >= 15 is 0 Å². The van der Waals surface area contributed by atoms with E-state index in [2.05, 4.69) is 30.2 Å². The average Bonchev–Trinajstić information content (AvgIpc) is 3.33. The van der Waals surface area contributed by atoms with Crippen molar-refractivity contribution in [3.05, 3.63) is 42.5 Å². The lowest BCUT2D eigenvalue weighted by Crippen LogP contribution is -2.45. The van der Waals surface area contributed by atoms with Crippen molar-refractivity contribution in [1.82, 2.24) is 35.1 Å². The van der Waals surface area contributed by atoms with Crippen LogP contribution in [-0.4, -0.2) is 73.3 Å². The highest BCUT2D eigenvalue weighted by Crippen LogP contribution is 2.22. The summed E-state index contributed by atoms with van der Waals surface area (Å²) in [7, 11) is 0. The van der Waals surface area contributed by atoms with Crippen molar-refractivity contribution in [2.75, 3.05) is 19.6 Å². The van der Waals surface area contributed by atoms with E-state index < -0.39 is 0 Å². The van der Waals surface area contributed by atoms with Gasteiger partial charge in [0.2, 0.25) is 5.91 Å². The Balaban J connectivity index is 1.72. The highest BCUT2D eigenvalue weighted by molar-refractivity contribution is 5.92. The number of aromatic amines is 1. The van der Waals surface area contributed by atoms with Crippen LogP contribution in [0.2, 0.25) is 0 Å². The molecule has 2 atom stereocenters. The molecule has 3 heterocycles. The Morgan fingerprint density at radius 1 is 1.26 bits per heavy atom. The summed E-state index contributed by atoms with van der Waals surface area (Å²) in [6, 6.07) is -0.430. The van der Waals surface area contributed by atoms with Crippen molar-refractivity contribution >= 4 is 11.8 Å². The molecule has 1 aliphatic heterocycles. The first-order chi connectivity index (χ1) is 13.1. The smallest absolute Gasteiger partial charge is 0.271 e. The number of rotatable bonds is 7. The van der Waals surface area contributed by atoms with Crippen molar-refractivity contribution in [2.24, 2.45) is 0 Å². The Morgan fingerprint density at radius 2 is 2.07 bits per heavy atom. The molecule has 0 aromatic carbocycles. The van der Waals surface area contributed by atoms with Gasteiger partial charge in [-0.1, -0.05) is 0 Å². The Bertz CT molecular complexity index is 746. The molecule has 27 heavy (non-hydrogen) atoms. The number of aromatic nitrogens is 4. The highest BCUT2D eigenvalue weighted by Gasteiger charge is 2.39. The third kappa shape index (κ3) is 4.48. The first kappa shape index (κ1) is 19.0. The van der Waals surface area contributed by atoms with Gasteiger partial charge in [0.05, 0.1) is 18.8 Å². The summed E-state index contributed by atoms with van der Waals surface area (Å²) < 4.78 is 0. The second-order valence-corrected chi connectivity index (χ2v) is 6.49. The SMILES string of the molecule is CCN(CC)C(=O)[C@@H]1C[C@H](NC(=O)c2cnccn2)CN1Cc1ncc[nH]1. The van der Waals surface area contributed by atoms with Crippen molar-refractivity contribution in [2.45, 2.75) is 38.9 Å². The highest BCUT2D eigenvalue weighted by atomic mass is 16.2. The van der Waals surface area contributed by atoms with Crippen LogP contribution >= 0.6 is 0 Å². The number of H-pyrrole nitrogens is 1. The van der Waals surface area contributed by atoms with Gasteiger partial charge in [0, 0.05) is 50.5 Å². The number of hydrogen-bond acceptors (Lipinski definition) is 6. The summed E-state index contributed by atoms with van der Waals surface area (Å²) in [5, 5.41) is 2.98. The number of carbonyl (C=O) groups excluding carboxylic acids is 2. The van der Waals surface area contributed by atoms with E-state index in [0.29, 0.717) is 32.6 Å². The number of hydrogen-bond donors (Lipinski definition) is 2. The van der Waals surface area contributed by atoms with Crippen LogP contribution in [0.4, 0.5) is 0 Å². The van der Waals surface area contributed by atoms with Gasteiger partial charge >= 0.3 is 0 Å². The van der Waals surface area contributed by atoms with Crippen LogP contribution < -0.4 is 5.32 Å². The largest absolute Gasteiger partial charge is 0.348 e. The van der Waals surface area contributed by atoms with Gasteiger partial charge in [0.1, 0.15) is 11.5 Å². The van der Waals surface area contributed by atoms with Gasteiger partial charge in [-0.2, -0.15) is 0 Å². The summed E-state index contributed by atoms with van der Waals surface area (Å²) in [5.41, 5.74) is 0.272. The van der Waals surface area contributed by atoms with E-state index in [1.807, 2.05) is 18.7 Å². The minimum absolute atomic E-state index is 0.0859. The first-order valence-corrected chi connectivity index (χ1v) is 9.20. The molecule has 2 aromatic rings. The molecule has 1 fully saturated rings. The summed E-state index contributed by atoms with van der Waals surface area (Å²) in [5.74, 6) is 0.609. The fourth-order valence-electron chi connectivity index (χ4n) is 3.44. The van der Waals surface area contributed by atoms with Gasteiger partial charge in [0.25, 0.3) is 5.91 Å². The topological polar surface area (TPSA) is 107 Å². The van der Waals surface area contributed by atoms with Crippen molar-refractivity contribution in [1.29, 1.82) is 0 Å². The van der Waals surface area contributed by atoms with Crippen molar-refractivity contribution in [3.8, 4) is 0 Å². The van der Waals surface area contributed by atoms with Gasteiger partial charge in [-0.25, -0.2) is 9.97 Å². The van der Waals surface area contributed by atoms with Gasteiger partial charge in [-0.3, -0.25) is 19.5 Å². The second kappa shape index (κ2) is 8.72. The number of likely N-dealkylation sites (N-methyl/N-ethyl adjacent to an activating group) is 1. The van der Waals surface area contributed by atoms with Crippen LogP contribution in [-0.2, 0) is 11.3 Å². The van der Waals surface area contributed by atoms with Crippen LogP contribution in [0.5, 0.6) is 0 Å². The van der Waals surface area contributed by atoms with Crippen molar-refractivity contribution < 1.29 is 9.59 Å². The fraction of sp³-hybridized carbons (Fsp3) is 0.500. The van der Waals surface area contributed by atoms with Crippen LogP contribution in [0, 0.1) is 0 Å². The van der Waals surface area contributed by atoms with E-state index in [9.17, 15) is 9.59 Å². The Labute approximate surface area is 158 Å². The molecule has 9 nitrogen and oxygen atoms in total. The molecule has 1 saturated heterocycles. The van der Waals surface area contributed by atoms with Gasteiger partial charge < -0.3 is 15.2 Å². The maximum atomic E-state index is 13.0. The molecule has 2 aromatic heterocycles. The van der Waals surface area contributed by atoms with E-state index in [4.69, 9.17) is 0 Å². The standard InChI is InChI=1S/C18H25N7O2/c1-3-24(4-2)18(27)15-9-13(11-25(15)12-16-21-7-8-22-16)23-17(26)14-10-19-5-6-20-14/h5-8,10,13,15H,3-4,9,11-12H2,1-2H3,(H,21,22)(H,23,26)/t13-,15-/m0/s1. The second-order valence-electron chi connectivity index (χ2n) is 6.49. The summed E-state index contributed by atoms with van der Waals surface area (Å²) in [6.45, 7) is 6.38. The van der Waals surface area contributed by atoms with Crippen LogP contribution in [0.1, 0.15) is 36.6 Å². The number of likely N-dealkylation sites (tertiary alicyclic amines) is 1. The maximum Gasteiger partial charge on any atom is 0.271 e. The molecule has 144 valence electrons. The zero-order chi connectivity index (χ0) is 19.2. The monoisotopic (exact) mass is 371 g/mol. The van der Waals surface area contributed by atoms with E-state index in [1.165, 1.54) is 18.6 Å². The van der Waals surface area contributed by atoms with E-state index in [1.54, 1.807) is 12.4 Å². The molecule has 3 rings (SSSR count). The molecule has 1 aliphatic rings. The molecule has 2 amide bonds. The normalized spacial score (nSPS) is 19.8. The third-order valence-electron chi connectivity index (χ3n) is 4.80. The molecule has 2 N–H and O–H groups in total. The summed E-state index contributed by atoms with van der Waals surface area (Å²) >= 11 is 0. The molecule has 0 spiro atoms. The molecular formula is C18H25N7O2.